The number of aromatic amines is 1. The Bertz CT molecular complexity index is 670. The number of amides is 2. The molecule has 1 aliphatic rings. The van der Waals surface area contributed by atoms with Gasteiger partial charge in [-0.05, 0) is 30.9 Å². The van der Waals surface area contributed by atoms with E-state index in [9.17, 15) is 15.0 Å². The smallest absolute Gasteiger partial charge is 0.317 e. The first-order chi connectivity index (χ1) is 11.2. The number of carbonyl (C=O) groups excluding carboxylic acids is 1. The summed E-state index contributed by atoms with van der Waals surface area (Å²) in [6.07, 6.45) is 3.29. The van der Waals surface area contributed by atoms with Crippen molar-refractivity contribution in [3.05, 3.63) is 36.0 Å². The number of aliphatic hydroxyl groups excluding tert-OH is 2. The standard InChI is InChI=1S/C17H23N3O3/c21-11-13-9-14(22)6-8-20(13)17(23)18-7-5-12-10-19-16-4-2-1-3-15(12)16/h1-4,10,13-14,19,21-22H,5-9,11H2,(H,18,23)/t13-,14+/m0/s1. The van der Waals surface area contributed by atoms with E-state index in [1.807, 2.05) is 24.4 Å². The molecule has 0 aliphatic carbocycles. The third kappa shape index (κ3) is 3.48. The maximum atomic E-state index is 12.3. The average Bonchev–Trinajstić information content (AvgIpc) is 2.98. The summed E-state index contributed by atoms with van der Waals surface area (Å²) in [6, 6.07) is 7.62. The number of H-pyrrole nitrogens is 1. The summed E-state index contributed by atoms with van der Waals surface area (Å²) >= 11 is 0. The topological polar surface area (TPSA) is 88.6 Å². The maximum absolute atomic E-state index is 12.3. The molecule has 0 spiro atoms. The van der Waals surface area contributed by atoms with Gasteiger partial charge in [0.05, 0.1) is 18.8 Å². The van der Waals surface area contributed by atoms with E-state index in [0.717, 1.165) is 11.9 Å². The van der Waals surface area contributed by atoms with Gasteiger partial charge in [-0.25, -0.2) is 4.79 Å². The van der Waals surface area contributed by atoms with Crippen LogP contribution in [0.15, 0.2) is 30.5 Å². The van der Waals surface area contributed by atoms with E-state index in [2.05, 4.69) is 16.4 Å². The Kier molecular flexibility index (Phi) is 4.83. The molecule has 2 atom stereocenters. The van der Waals surface area contributed by atoms with Crippen molar-refractivity contribution in [2.45, 2.75) is 31.4 Å². The first-order valence-corrected chi connectivity index (χ1v) is 8.07. The summed E-state index contributed by atoms with van der Waals surface area (Å²) < 4.78 is 0. The van der Waals surface area contributed by atoms with Crippen LogP contribution >= 0.6 is 0 Å². The number of rotatable bonds is 4. The van der Waals surface area contributed by atoms with E-state index in [0.29, 0.717) is 25.9 Å². The monoisotopic (exact) mass is 317 g/mol. The van der Waals surface area contributed by atoms with Crippen LogP contribution in [0.2, 0.25) is 0 Å². The molecule has 2 aromatic rings. The van der Waals surface area contributed by atoms with Crippen molar-refractivity contribution in [1.82, 2.24) is 15.2 Å². The van der Waals surface area contributed by atoms with Crippen LogP contribution in [0, 0.1) is 0 Å². The van der Waals surface area contributed by atoms with E-state index in [4.69, 9.17) is 0 Å². The van der Waals surface area contributed by atoms with Crippen molar-refractivity contribution >= 4 is 16.9 Å². The van der Waals surface area contributed by atoms with Gasteiger partial charge in [0.2, 0.25) is 0 Å². The van der Waals surface area contributed by atoms with Gasteiger partial charge in [-0.2, -0.15) is 0 Å². The molecule has 2 amide bonds. The van der Waals surface area contributed by atoms with Gasteiger partial charge in [-0.1, -0.05) is 18.2 Å². The van der Waals surface area contributed by atoms with Crippen molar-refractivity contribution in [2.75, 3.05) is 19.7 Å². The van der Waals surface area contributed by atoms with Gasteiger partial charge < -0.3 is 25.4 Å². The molecule has 0 unspecified atom stereocenters. The van der Waals surface area contributed by atoms with Crippen molar-refractivity contribution in [3.8, 4) is 0 Å². The van der Waals surface area contributed by atoms with E-state index in [1.165, 1.54) is 10.9 Å². The Labute approximate surface area is 135 Å². The summed E-state index contributed by atoms with van der Waals surface area (Å²) in [5.74, 6) is 0. The first kappa shape index (κ1) is 15.8. The average molecular weight is 317 g/mol. The van der Waals surface area contributed by atoms with E-state index >= 15 is 0 Å². The molecular weight excluding hydrogens is 294 g/mol. The zero-order valence-electron chi connectivity index (χ0n) is 13.0. The minimum Gasteiger partial charge on any atom is -0.394 e. The molecule has 6 nitrogen and oxygen atoms in total. The number of likely N-dealkylation sites (tertiary alicyclic amines) is 1. The molecule has 0 bridgehead atoms. The summed E-state index contributed by atoms with van der Waals surface area (Å²) in [4.78, 5) is 17.1. The van der Waals surface area contributed by atoms with Crippen LogP contribution in [-0.2, 0) is 6.42 Å². The molecule has 0 saturated carbocycles. The van der Waals surface area contributed by atoms with Crippen LogP contribution in [0.5, 0.6) is 0 Å². The molecule has 2 heterocycles. The van der Waals surface area contributed by atoms with Crippen molar-refractivity contribution in [2.24, 2.45) is 0 Å². The second-order valence-corrected chi connectivity index (χ2v) is 6.05. The fourth-order valence-corrected chi connectivity index (χ4v) is 3.21. The molecule has 23 heavy (non-hydrogen) atoms. The molecule has 1 aliphatic heterocycles. The van der Waals surface area contributed by atoms with Gasteiger partial charge in [-0.3, -0.25) is 0 Å². The van der Waals surface area contributed by atoms with E-state index in [-0.39, 0.29) is 18.7 Å². The molecule has 1 aromatic carbocycles. The number of carbonyl (C=O) groups is 1. The number of hydrogen-bond acceptors (Lipinski definition) is 3. The highest BCUT2D eigenvalue weighted by atomic mass is 16.3. The van der Waals surface area contributed by atoms with Gasteiger partial charge in [-0.15, -0.1) is 0 Å². The third-order valence-corrected chi connectivity index (χ3v) is 4.51. The summed E-state index contributed by atoms with van der Waals surface area (Å²) in [7, 11) is 0. The number of hydrogen-bond donors (Lipinski definition) is 4. The van der Waals surface area contributed by atoms with Gasteiger partial charge in [0.1, 0.15) is 0 Å². The highest BCUT2D eigenvalue weighted by molar-refractivity contribution is 5.83. The molecular formula is C17H23N3O3. The lowest BCUT2D eigenvalue weighted by Gasteiger charge is -2.36. The van der Waals surface area contributed by atoms with Gasteiger partial charge in [0.25, 0.3) is 0 Å². The number of benzene rings is 1. The molecule has 1 saturated heterocycles. The van der Waals surface area contributed by atoms with Crippen LogP contribution in [-0.4, -0.2) is 58.0 Å². The minimum atomic E-state index is -0.428. The number of aliphatic hydroxyl groups is 2. The number of urea groups is 1. The minimum absolute atomic E-state index is 0.118. The van der Waals surface area contributed by atoms with Crippen LogP contribution < -0.4 is 5.32 Å². The quantitative estimate of drug-likeness (QED) is 0.684. The molecule has 3 rings (SSSR count). The number of para-hydroxylation sites is 1. The molecule has 0 radical (unpaired) electrons. The highest BCUT2D eigenvalue weighted by Crippen LogP contribution is 2.19. The van der Waals surface area contributed by atoms with Crippen molar-refractivity contribution in [1.29, 1.82) is 0 Å². The Balaban J connectivity index is 1.55. The summed E-state index contributed by atoms with van der Waals surface area (Å²) in [5.41, 5.74) is 2.27. The molecule has 1 aromatic heterocycles. The van der Waals surface area contributed by atoms with Gasteiger partial charge >= 0.3 is 6.03 Å². The first-order valence-electron chi connectivity index (χ1n) is 8.07. The van der Waals surface area contributed by atoms with Gasteiger partial charge in [0, 0.05) is 30.2 Å². The van der Waals surface area contributed by atoms with Crippen molar-refractivity contribution in [3.63, 3.8) is 0 Å². The second kappa shape index (κ2) is 7.02. The lowest BCUT2D eigenvalue weighted by Crippen LogP contribution is -2.53. The fourth-order valence-electron chi connectivity index (χ4n) is 3.21. The lowest BCUT2D eigenvalue weighted by molar-refractivity contribution is 0.0359. The molecule has 6 heteroatoms. The number of nitrogens with zero attached hydrogens (tertiary/aromatic N) is 1. The number of aromatic nitrogens is 1. The molecule has 1 fully saturated rings. The van der Waals surface area contributed by atoms with Crippen LogP contribution in [0.25, 0.3) is 10.9 Å². The predicted octanol–water partition coefficient (Wildman–Crippen LogP) is 1.24. The Morgan fingerprint density at radius 1 is 1.39 bits per heavy atom. The number of piperidine rings is 1. The lowest BCUT2D eigenvalue weighted by atomic mass is 10.0. The summed E-state index contributed by atoms with van der Waals surface area (Å²) in [6.45, 7) is 0.899. The number of nitrogens with one attached hydrogen (secondary N) is 2. The Hall–Kier alpha value is -2.05. The maximum Gasteiger partial charge on any atom is 0.317 e. The Morgan fingerprint density at radius 3 is 3.04 bits per heavy atom. The fraction of sp³-hybridized carbons (Fsp3) is 0.471. The Morgan fingerprint density at radius 2 is 2.22 bits per heavy atom. The SMILES string of the molecule is O=C(NCCc1c[nH]c2ccccc12)N1CC[C@@H](O)C[C@H]1CO. The third-order valence-electron chi connectivity index (χ3n) is 4.51. The molecule has 124 valence electrons. The van der Waals surface area contributed by atoms with E-state index < -0.39 is 6.10 Å². The van der Waals surface area contributed by atoms with Crippen LogP contribution in [0.3, 0.4) is 0 Å². The highest BCUT2D eigenvalue weighted by Gasteiger charge is 2.30. The number of fused-ring (bicyclic) bond motifs is 1. The van der Waals surface area contributed by atoms with Crippen molar-refractivity contribution < 1.29 is 15.0 Å². The van der Waals surface area contributed by atoms with E-state index in [1.54, 1.807) is 4.90 Å². The predicted molar refractivity (Wildman–Crippen MR) is 88.2 cm³/mol. The summed E-state index contributed by atoms with van der Waals surface area (Å²) in [5, 5.41) is 23.1. The largest absolute Gasteiger partial charge is 0.394 e. The van der Waals surface area contributed by atoms with Crippen LogP contribution in [0.4, 0.5) is 4.79 Å². The second-order valence-electron chi connectivity index (χ2n) is 6.05. The van der Waals surface area contributed by atoms with Gasteiger partial charge in [0.15, 0.2) is 0 Å². The zero-order valence-corrected chi connectivity index (χ0v) is 13.0. The normalized spacial score (nSPS) is 21.6. The zero-order chi connectivity index (χ0) is 16.2. The van der Waals surface area contributed by atoms with Crippen LogP contribution in [0.1, 0.15) is 18.4 Å². The molecule has 4 N–H and O–H groups in total.